The predicted octanol–water partition coefficient (Wildman–Crippen LogP) is 4.33. The van der Waals surface area contributed by atoms with Crippen molar-refractivity contribution in [2.75, 3.05) is 4.90 Å². The Morgan fingerprint density at radius 1 is 1.35 bits per heavy atom. The lowest BCUT2D eigenvalue weighted by Gasteiger charge is -2.19. The van der Waals surface area contributed by atoms with Crippen LogP contribution in [0.3, 0.4) is 0 Å². The zero-order valence-electron chi connectivity index (χ0n) is 11.2. The highest BCUT2D eigenvalue weighted by Crippen LogP contribution is 2.27. The van der Waals surface area contributed by atoms with Crippen LogP contribution >= 0.6 is 31.9 Å². The zero-order valence-corrected chi connectivity index (χ0v) is 14.3. The van der Waals surface area contributed by atoms with E-state index in [2.05, 4.69) is 31.9 Å². The van der Waals surface area contributed by atoms with Gasteiger partial charge < -0.3 is 5.11 Å². The number of carbonyl (C=O) groups excluding carboxylic acids is 1. The van der Waals surface area contributed by atoms with E-state index in [1.807, 2.05) is 37.3 Å². The van der Waals surface area contributed by atoms with Crippen molar-refractivity contribution in [2.45, 2.75) is 25.9 Å². The Balaban J connectivity index is 3.02. The van der Waals surface area contributed by atoms with Crippen molar-refractivity contribution in [3.63, 3.8) is 0 Å². The topological polar surface area (TPSA) is 40.5 Å². The smallest absolute Gasteiger partial charge is 0.218 e. The number of nitrogens with zero attached hydrogens (tertiary/aromatic N) is 1. The van der Waals surface area contributed by atoms with E-state index < -0.39 is 6.10 Å². The molecule has 0 heterocycles. The lowest BCUT2D eigenvalue weighted by atomic mass is 10.2. The molecule has 0 saturated carbocycles. The van der Waals surface area contributed by atoms with Gasteiger partial charge in [0.25, 0.3) is 0 Å². The van der Waals surface area contributed by atoms with Crippen LogP contribution in [0.5, 0.6) is 0 Å². The molecular formula is C15H17Br2NO2. The Morgan fingerprint density at radius 2 is 2.00 bits per heavy atom. The highest BCUT2D eigenvalue weighted by Gasteiger charge is 2.12. The second kappa shape index (κ2) is 9.10. The van der Waals surface area contributed by atoms with Gasteiger partial charge in [0.05, 0.1) is 15.2 Å². The minimum absolute atomic E-state index is 0.515. The molecule has 0 aliphatic rings. The minimum atomic E-state index is -0.515. The van der Waals surface area contributed by atoms with Gasteiger partial charge in [-0.3, -0.25) is 9.69 Å². The van der Waals surface area contributed by atoms with E-state index in [-0.39, 0.29) is 0 Å². The molecule has 1 rings (SSSR count). The Hall–Kier alpha value is -0.910. The molecule has 1 aromatic carbocycles. The van der Waals surface area contributed by atoms with Crippen molar-refractivity contribution in [3.05, 3.63) is 51.6 Å². The van der Waals surface area contributed by atoms with E-state index in [4.69, 9.17) is 0 Å². The summed E-state index contributed by atoms with van der Waals surface area (Å²) in [5.74, 6) is 0. The van der Waals surface area contributed by atoms with Crippen molar-refractivity contribution < 1.29 is 9.90 Å². The number of hydrogen-bond acceptors (Lipinski definition) is 2. The molecule has 108 valence electrons. The van der Waals surface area contributed by atoms with Crippen molar-refractivity contribution in [2.24, 2.45) is 0 Å². The standard InChI is InChI=1S/C15H17Br2NO2/c1-2-6-13(20)9-10-14(15(16)17)18(11-19)12-7-4-3-5-8-12/h3-5,7-11,13,20H,2,6H2,1H3/b10-9+. The van der Waals surface area contributed by atoms with Crippen LogP contribution in [0.2, 0.25) is 0 Å². The monoisotopic (exact) mass is 401 g/mol. The van der Waals surface area contributed by atoms with Gasteiger partial charge in [0.2, 0.25) is 6.41 Å². The first-order valence-electron chi connectivity index (χ1n) is 6.31. The number of aliphatic hydroxyl groups is 1. The zero-order chi connectivity index (χ0) is 15.0. The Morgan fingerprint density at radius 3 is 2.50 bits per heavy atom. The van der Waals surface area contributed by atoms with Crippen LogP contribution in [0.25, 0.3) is 0 Å². The molecule has 1 amide bonds. The van der Waals surface area contributed by atoms with Gasteiger partial charge >= 0.3 is 0 Å². The molecule has 1 atom stereocenters. The summed E-state index contributed by atoms with van der Waals surface area (Å²) in [6, 6.07) is 9.30. The van der Waals surface area contributed by atoms with Crippen LogP contribution < -0.4 is 4.90 Å². The number of amides is 1. The molecule has 1 aromatic rings. The summed E-state index contributed by atoms with van der Waals surface area (Å²) in [4.78, 5) is 12.9. The maximum atomic E-state index is 11.4. The fourth-order valence-electron chi connectivity index (χ4n) is 1.67. The molecule has 20 heavy (non-hydrogen) atoms. The summed E-state index contributed by atoms with van der Waals surface area (Å²) in [6.45, 7) is 2.01. The Kier molecular flexibility index (Phi) is 7.80. The molecule has 1 unspecified atom stereocenters. The van der Waals surface area contributed by atoms with Crippen LogP contribution in [0.1, 0.15) is 19.8 Å². The average Bonchev–Trinajstić information content (AvgIpc) is 2.44. The molecule has 0 fully saturated rings. The van der Waals surface area contributed by atoms with Crippen LogP contribution in [-0.2, 0) is 4.79 Å². The number of aliphatic hydroxyl groups excluding tert-OH is 1. The number of para-hydroxylation sites is 1. The third kappa shape index (κ3) is 5.23. The molecule has 3 nitrogen and oxygen atoms in total. The third-order valence-corrected chi connectivity index (χ3v) is 3.47. The van der Waals surface area contributed by atoms with E-state index in [0.29, 0.717) is 15.5 Å². The SMILES string of the molecule is CCCC(O)/C=C/C(=C(Br)Br)N(C=O)c1ccccc1. The Bertz CT molecular complexity index is 482. The van der Waals surface area contributed by atoms with E-state index in [0.717, 1.165) is 18.5 Å². The van der Waals surface area contributed by atoms with Crippen molar-refractivity contribution in [1.29, 1.82) is 0 Å². The number of hydrogen-bond donors (Lipinski definition) is 1. The molecular weight excluding hydrogens is 386 g/mol. The quantitative estimate of drug-likeness (QED) is 0.544. The number of anilines is 1. The summed E-state index contributed by atoms with van der Waals surface area (Å²) in [7, 11) is 0. The van der Waals surface area contributed by atoms with Crippen LogP contribution in [0.4, 0.5) is 5.69 Å². The fourth-order valence-corrected chi connectivity index (χ4v) is 2.32. The van der Waals surface area contributed by atoms with Gasteiger partial charge in [0, 0.05) is 5.69 Å². The highest BCUT2D eigenvalue weighted by atomic mass is 79.9. The van der Waals surface area contributed by atoms with Gasteiger partial charge in [-0.05, 0) is 56.5 Å². The summed E-state index contributed by atoms with van der Waals surface area (Å²) in [5.41, 5.74) is 1.38. The summed E-state index contributed by atoms with van der Waals surface area (Å²) in [5, 5.41) is 9.76. The molecule has 0 aliphatic heterocycles. The Labute approximate surface area is 136 Å². The lowest BCUT2D eigenvalue weighted by molar-refractivity contribution is -0.107. The molecule has 0 saturated heterocycles. The first kappa shape index (κ1) is 17.1. The molecule has 0 radical (unpaired) electrons. The maximum absolute atomic E-state index is 11.4. The minimum Gasteiger partial charge on any atom is -0.389 e. The third-order valence-electron chi connectivity index (χ3n) is 2.65. The van der Waals surface area contributed by atoms with E-state index in [1.165, 1.54) is 4.90 Å². The van der Waals surface area contributed by atoms with Crippen molar-refractivity contribution in [1.82, 2.24) is 0 Å². The molecule has 0 bridgehead atoms. The van der Waals surface area contributed by atoms with Crippen LogP contribution in [-0.4, -0.2) is 17.6 Å². The lowest BCUT2D eigenvalue weighted by Crippen LogP contribution is -2.19. The molecule has 0 aromatic heterocycles. The molecule has 0 aliphatic carbocycles. The van der Waals surface area contributed by atoms with E-state index >= 15 is 0 Å². The fraction of sp³-hybridized carbons (Fsp3) is 0.267. The largest absolute Gasteiger partial charge is 0.389 e. The molecule has 0 spiro atoms. The normalized spacial score (nSPS) is 12.2. The highest BCUT2D eigenvalue weighted by molar-refractivity contribution is 9.28. The van der Waals surface area contributed by atoms with Gasteiger partial charge in [-0.25, -0.2) is 0 Å². The first-order valence-corrected chi connectivity index (χ1v) is 7.89. The second-order valence-electron chi connectivity index (χ2n) is 4.17. The molecule has 1 N–H and O–H groups in total. The first-order chi connectivity index (χ1) is 9.60. The number of halogens is 2. The molecule has 5 heteroatoms. The van der Waals surface area contributed by atoms with Gasteiger partial charge in [-0.15, -0.1) is 0 Å². The van der Waals surface area contributed by atoms with Gasteiger partial charge in [-0.1, -0.05) is 37.6 Å². The van der Waals surface area contributed by atoms with Crippen LogP contribution in [0, 0.1) is 0 Å². The number of benzene rings is 1. The predicted molar refractivity (Wildman–Crippen MR) is 89.9 cm³/mol. The van der Waals surface area contributed by atoms with Gasteiger partial charge in [-0.2, -0.15) is 0 Å². The van der Waals surface area contributed by atoms with Gasteiger partial charge in [0.1, 0.15) is 0 Å². The van der Waals surface area contributed by atoms with E-state index in [9.17, 15) is 9.90 Å². The number of carbonyl (C=O) groups is 1. The van der Waals surface area contributed by atoms with Crippen LogP contribution in [0.15, 0.2) is 51.6 Å². The maximum Gasteiger partial charge on any atom is 0.218 e. The number of allylic oxidation sites excluding steroid dienone is 1. The van der Waals surface area contributed by atoms with Crippen molar-refractivity contribution in [3.8, 4) is 0 Å². The second-order valence-corrected chi connectivity index (χ2v) is 6.82. The summed E-state index contributed by atoms with van der Waals surface area (Å²) >= 11 is 6.66. The summed E-state index contributed by atoms with van der Waals surface area (Å²) < 4.78 is 0.640. The van der Waals surface area contributed by atoms with Gasteiger partial charge in [0.15, 0.2) is 0 Å². The van der Waals surface area contributed by atoms with E-state index in [1.54, 1.807) is 12.2 Å². The number of rotatable bonds is 7. The average molecular weight is 403 g/mol. The van der Waals surface area contributed by atoms with Crippen molar-refractivity contribution >= 4 is 44.0 Å². The summed E-state index contributed by atoms with van der Waals surface area (Å²) in [6.07, 6.45) is 5.22.